The predicted molar refractivity (Wildman–Crippen MR) is 138 cm³/mol. The zero-order valence-corrected chi connectivity index (χ0v) is 21.1. The van der Waals surface area contributed by atoms with Crippen LogP contribution in [0.5, 0.6) is 5.75 Å². The maximum atomic E-state index is 12.7. The summed E-state index contributed by atoms with van der Waals surface area (Å²) in [5.74, 6) is 0.423. The van der Waals surface area contributed by atoms with E-state index in [1.54, 1.807) is 44.0 Å². The van der Waals surface area contributed by atoms with Crippen LogP contribution in [0.25, 0.3) is 16.9 Å². The van der Waals surface area contributed by atoms with Gasteiger partial charge in [-0.05, 0) is 72.8 Å². The van der Waals surface area contributed by atoms with Gasteiger partial charge in [0.25, 0.3) is 5.91 Å². The molecular formula is C26H27N5O4S. The summed E-state index contributed by atoms with van der Waals surface area (Å²) in [6.07, 6.45) is 1.68. The zero-order chi connectivity index (χ0) is 25.7. The van der Waals surface area contributed by atoms with E-state index in [-0.39, 0.29) is 10.8 Å². The van der Waals surface area contributed by atoms with E-state index >= 15 is 0 Å². The summed E-state index contributed by atoms with van der Waals surface area (Å²) in [5.41, 5.74) is 3.48. The lowest BCUT2D eigenvalue weighted by molar-refractivity contribution is 0.102. The number of carbonyl (C=O) groups excluding carboxylic acids is 1. The van der Waals surface area contributed by atoms with E-state index < -0.39 is 10.0 Å². The second kappa shape index (κ2) is 10.7. The fourth-order valence-electron chi connectivity index (χ4n) is 3.76. The highest BCUT2D eigenvalue weighted by Crippen LogP contribution is 2.25. The molecule has 0 atom stereocenters. The van der Waals surface area contributed by atoms with Crippen LogP contribution in [-0.4, -0.2) is 53.8 Å². The van der Waals surface area contributed by atoms with Gasteiger partial charge in [-0.15, -0.1) is 5.10 Å². The highest BCUT2D eigenvalue weighted by Gasteiger charge is 2.21. The first-order valence-electron chi connectivity index (χ1n) is 11.4. The van der Waals surface area contributed by atoms with Crippen molar-refractivity contribution < 1.29 is 17.9 Å². The molecule has 0 bridgehead atoms. The molecule has 0 fully saturated rings. The van der Waals surface area contributed by atoms with Crippen molar-refractivity contribution in [2.75, 3.05) is 25.5 Å². The third-order valence-corrected chi connectivity index (χ3v) is 7.83. The summed E-state index contributed by atoms with van der Waals surface area (Å²) in [4.78, 5) is 12.9. The minimum atomic E-state index is -3.57. The summed E-state index contributed by atoms with van der Waals surface area (Å²) in [6, 6.07) is 20.7. The summed E-state index contributed by atoms with van der Waals surface area (Å²) in [7, 11) is -1.95. The second-order valence-electron chi connectivity index (χ2n) is 7.87. The zero-order valence-electron chi connectivity index (χ0n) is 20.2. The lowest BCUT2D eigenvalue weighted by atomic mass is 10.1. The Hall–Kier alpha value is -4.02. The normalized spacial score (nSPS) is 11.4. The predicted octanol–water partition coefficient (Wildman–Crippen LogP) is 4.23. The molecule has 0 aliphatic rings. The average Bonchev–Trinajstić information content (AvgIpc) is 3.40. The quantitative estimate of drug-likeness (QED) is 0.365. The lowest BCUT2D eigenvalue weighted by Crippen LogP contribution is -2.30. The molecule has 0 saturated heterocycles. The van der Waals surface area contributed by atoms with Crippen molar-refractivity contribution in [2.45, 2.75) is 18.7 Å². The molecule has 3 aromatic carbocycles. The molecule has 1 heterocycles. The Morgan fingerprint density at radius 1 is 0.944 bits per heavy atom. The van der Waals surface area contributed by atoms with Gasteiger partial charge in [-0.2, -0.15) is 4.31 Å². The van der Waals surface area contributed by atoms with Gasteiger partial charge in [-0.1, -0.05) is 19.1 Å². The monoisotopic (exact) mass is 505 g/mol. The number of aromatic nitrogens is 3. The van der Waals surface area contributed by atoms with Gasteiger partial charge in [0, 0.05) is 29.9 Å². The summed E-state index contributed by atoms with van der Waals surface area (Å²) < 4.78 is 33.6. The molecule has 0 spiro atoms. The van der Waals surface area contributed by atoms with E-state index in [9.17, 15) is 13.2 Å². The van der Waals surface area contributed by atoms with Crippen LogP contribution in [0, 0.1) is 0 Å². The maximum Gasteiger partial charge on any atom is 0.255 e. The van der Waals surface area contributed by atoms with E-state index in [2.05, 4.69) is 15.6 Å². The molecular weight excluding hydrogens is 478 g/mol. The van der Waals surface area contributed by atoms with Crippen LogP contribution >= 0.6 is 0 Å². The van der Waals surface area contributed by atoms with Gasteiger partial charge in [0.15, 0.2) is 0 Å². The summed E-state index contributed by atoms with van der Waals surface area (Å²) >= 11 is 0. The Balaban J connectivity index is 1.47. The fraction of sp³-hybridized carbons (Fsp3) is 0.192. The van der Waals surface area contributed by atoms with Gasteiger partial charge in [0.2, 0.25) is 10.0 Å². The number of anilines is 1. The Bertz CT molecular complexity index is 1430. The highest BCUT2D eigenvalue weighted by molar-refractivity contribution is 7.89. The molecule has 0 aliphatic carbocycles. The van der Waals surface area contributed by atoms with Crippen molar-refractivity contribution in [1.82, 2.24) is 19.3 Å². The Morgan fingerprint density at radius 2 is 1.58 bits per heavy atom. The van der Waals surface area contributed by atoms with E-state index in [4.69, 9.17) is 4.74 Å². The smallest absolute Gasteiger partial charge is 0.255 e. The molecule has 36 heavy (non-hydrogen) atoms. The SMILES string of the molecule is CCN(CC)S(=O)(=O)c1ccc(C(=O)Nc2ccc(-n3nncc3-c3ccc(OC)cc3)cc2)cc1. The van der Waals surface area contributed by atoms with Crippen LogP contribution in [0.1, 0.15) is 24.2 Å². The van der Waals surface area contributed by atoms with Gasteiger partial charge in [-0.25, -0.2) is 13.1 Å². The van der Waals surface area contributed by atoms with E-state index in [0.29, 0.717) is 24.3 Å². The number of hydrogen-bond acceptors (Lipinski definition) is 6. The van der Waals surface area contributed by atoms with Crippen LogP contribution in [0.3, 0.4) is 0 Å². The molecule has 10 heteroatoms. The van der Waals surface area contributed by atoms with Crippen LogP contribution in [0.4, 0.5) is 5.69 Å². The third-order valence-electron chi connectivity index (χ3n) is 5.76. The van der Waals surface area contributed by atoms with Gasteiger partial charge in [0.1, 0.15) is 5.75 Å². The molecule has 1 amide bonds. The van der Waals surface area contributed by atoms with E-state index in [1.807, 2.05) is 36.4 Å². The number of hydrogen-bond donors (Lipinski definition) is 1. The van der Waals surface area contributed by atoms with Gasteiger partial charge >= 0.3 is 0 Å². The van der Waals surface area contributed by atoms with Crippen LogP contribution in [0.15, 0.2) is 83.9 Å². The van der Waals surface area contributed by atoms with Crippen LogP contribution < -0.4 is 10.1 Å². The number of ether oxygens (including phenoxy) is 1. The number of nitrogens with zero attached hydrogens (tertiary/aromatic N) is 4. The Kier molecular flexibility index (Phi) is 7.47. The molecule has 0 aliphatic heterocycles. The molecule has 0 radical (unpaired) electrons. The van der Waals surface area contributed by atoms with Crippen molar-refractivity contribution in [1.29, 1.82) is 0 Å². The first-order valence-corrected chi connectivity index (χ1v) is 12.9. The molecule has 1 aromatic heterocycles. The fourth-order valence-corrected chi connectivity index (χ4v) is 5.22. The topological polar surface area (TPSA) is 106 Å². The molecule has 1 N–H and O–H groups in total. The Morgan fingerprint density at radius 3 is 2.17 bits per heavy atom. The van der Waals surface area contributed by atoms with Gasteiger partial charge in [-0.3, -0.25) is 4.79 Å². The van der Waals surface area contributed by atoms with Crippen molar-refractivity contribution in [3.8, 4) is 22.7 Å². The van der Waals surface area contributed by atoms with Gasteiger partial charge in [0.05, 0.1) is 29.6 Å². The minimum absolute atomic E-state index is 0.160. The Labute approximate surface area is 210 Å². The molecule has 4 rings (SSSR count). The van der Waals surface area contributed by atoms with Gasteiger partial charge < -0.3 is 10.1 Å². The van der Waals surface area contributed by atoms with E-state index in [1.165, 1.54) is 28.6 Å². The summed E-state index contributed by atoms with van der Waals surface area (Å²) in [6.45, 7) is 4.34. The number of methoxy groups -OCH3 is 1. The largest absolute Gasteiger partial charge is 0.497 e. The number of benzene rings is 3. The molecule has 0 saturated carbocycles. The lowest BCUT2D eigenvalue weighted by Gasteiger charge is -2.18. The van der Waals surface area contributed by atoms with Crippen molar-refractivity contribution in [3.63, 3.8) is 0 Å². The second-order valence-corrected chi connectivity index (χ2v) is 9.81. The number of rotatable bonds is 9. The first kappa shape index (κ1) is 25.1. The van der Waals surface area contributed by atoms with Crippen molar-refractivity contribution >= 4 is 21.6 Å². The average molecular weight is 506 g/mol. The highest BCUT2D eigenvalue weighted by atomic mass is 32.2. The first-order chi connectivity index (χ1) is 17.4. The number of nitrogens with one attached hydrogen (secondary N) is 1. The number of carbonyl (C=O) groups is 1. The van der Waals surface area contributed by atoms with E-state index in [0.717, 1.165) is 22.7 Å². The van der Waals surface area contributed by atoms with Crippen molar-refractivity contribution in [3.05, 3.63) is 84.6 Å². The number of sulfonamides is 1. The van der Waals surface area contributed by atoms with Crippen LogP contribution in [-0.2, 0) is 10.0 Å². The standard InChI is InChI=1S/C26H27N5O4S/c1-4-30(5-2)36(33,34)24-16-8-20(9-17-24)26(32)28-21-10-12-22(13-11-21)31-25(18-27-29-31)19-6-14-23(35-3)15-7-19/h6-18H,4-5H2,1-3H3,(H,28,32). The maximum absolute atomic E-state index is 12.7. The summed E-state index contributed by atoms with van der Waals surface area (Å²) in [5, 5.41) is 11.1. The molecule has 4 aromatic rings. The van der Waals surface area contributed by atoms with Crippen LogP contribution in [0.2, 0.25) is 0 Å². The minimum Gasteiger partial charge on any atom is -0.497 e. The number of amides is 1. The van der Waals surface area contributed by atoms with Crippen molar-refractivity contribution in [2.24, 2.45) is 0 Å². The third kappa shape index (κ3) is 5.14. The molecule has 9 nitrogen and oxygen atoms in total. The molecule has 0 unspecified atom stereocenters. The molecule has 186 valence electrons.